The zero-order chi connectivity index (χ0) is 29.6. The lowest BCUT2D eigenvalue weighted by atomic mass is 9.88. The molecule has 0 N–H and O–H groups in total. The molecule has 41 heavy (non-hydrogen) atoms. The van der Waals surface area contributed by atoms with E-state index in [2.05, 4.69) is 45.6 Å². The average molecular weight is 563 g/mol. The Hall–Kier alpha value is -2.77. The molecule has 0 radical (unpaired) electrons. The number of fused-ring (bicyclic) bond motifs is 3. The van der Waals surface area contributed by atoms with Crippen LogP contribution in [0.4, 0.5) is 0 Å². The lowest BCUT2D eigenvalue weighted by Crippen LogP contribution is -2.56. The Labute approximate surface area is 243 Å². The monoisotopic (exact) mass is 562 g/mol. The van der Waals surface area contributed by atoms with Gasteiger partial charge in [-0.25, -0.2) is 4.79 Å². The summed E-state index contributed by atoms with van der Waals surface area (Å²) in [4.78, 5) is 13.1. The highest BCUT2D eigenvalue weighted by atomic mass is 16.9. The maximum Gasteiger partial charge on any atom is 0.338 e. The number of esters is 1. The third-order valence-electron chi connectivity index (χ3n) is 7.24. The Kier molecular flexibility index (Phi) is 8.07. The minimum absolute atomic E-state index is 0.00188. The van der Waals surface area contributed by atoms with Gasteiger partial charge in [0.15, 0.2) is 17.9 Å². The van der Waals surface area contributed by atoms with Gasteiger partial charge in [0.05, 0.1) is 5.56 Å². The first kappa shape index (κ1) is 29.7. The Bertz CT molecular complexity index is 1310. The van der Waals surface area contributed by atoms with E-state index in [4.69, 9.17) is 28.4 Å². The predicted octanol–water partition coefficient (Wildman–Crippen LogP) is 6.65. The fraction of sp³-hybridized carbons (Fsp3) is 0.529. The van der Waals surface area contributed by atoms with Gasteiger partial charge in [0.25, 0.3) is 0 Å². The summed E-state index contributed by atoms with van der Waals surface area (Å²) < 4.78 is 36.2. The zero-order valence-corrected chi connectivity index (χ0v) is 25.4. The van der Waals surface area contributed by atoms with Crippen molar-refractivity contribution in [3.63, 3.8) is 0 Å². The van der Waals surface area contributed by atoms with E-state index in [9.17, 15) is 4.79 Å². The summed E-state index contributed by atoms with van der Waals surface area (Å²) in [6.07, 6.45) is -1.55. The van der Waals surface area contributed by atoms with Crippen LogP contribution in [0.1, 0.15) is 83.3 Å². The second-order valence-corrected chi connectivity index (χ2v) is 13.3. The van der Waals surface area contributed by atoms with E-state index in [0.717, 1.165) is 23.1 Å². The van der Waals surface area contributed by atoms with Crippen LogP contribution < -0.4 is 0 Å². The Balaban J connectivity index is 1.31. The number of hydrogen-bond acceptors (Lipinski definition) is 7. The van der Waals surface area contributed by atoms with Crippen molar-refractivity contribution in [1.82, 2.24) is 0 Å². The minimum Gasteiger partial charge on any atom is -0.459 e. The van der Waals surface area contributed by atoms with Crippen LogP contribution in [0.5, 0.6) is 0 Å². The molecule has 220 valence electrons. The van der Waals surface area contributed by atoms with E-state index < -0.39 is 48.2 Å². The number of rotatable bonds is 6. The molecular formula is C34H42O7. The van der Waals surface area contributed by atoms with Crippen LogP contribution in [-0.4, -0.2) is 54.9 Å². The number of ether oxygens (including phenoxy) is 6. The predicted molar refractivity (Wildman–Crippen MR) is 155 cm³/mol. The van der Waals surface area contributed by atoms with Crippen molar-refractivity contribution in [2.24, 2.45) is 5.41 Å². The first-order valence-electron chi connectivity index (χ1n) is 14.4. The highest BCUT2D eigenvalue weighted by Crippen LogP contribution is 2.44. The zero-order valence-electron chi connectivity index (χ0n) is 25.4. The molecule has 2 aromatic carbocycles. The summed E-state index contributed by atoms with van der Waals surface area (Å²) in [6, 6.07) is 17.7. The standard InChI is InChI=1S/C34H42O7/c1-21(19-32(2,3)4)18-25(22-12-10-9-11-13-22)23-14-16-24(17-15-23)30(35)36-20-26-27-28(39-33(5,6)38-27)29-31(37-26)41-34(7,8)40-29/h9-17,26-29,31H,19-20H2,1-8H3/t18?,26-,27+,28+,29-,31-/m1/s1. The molecule has 3 heterocycles. The van der Waals surface area contributed by atoms with Gasteiger partial charge < -0.3 is 28.4 Å². The molecule has 3 aliphatic heterocycles. The van der Waals surface area contributed by atoms with Gasteiger partial charge in [0.2, 0.25) is 0 Å². The van der Waals surface area contributed by atoms with Gasteiger partial charge in [-0.3, -0.25) is 0 Å². The topological polar surface area (TPSA) is 72.5 Å². The molecule has 7 heteroatoms. The van der Waals surface area contributed by atoms with E-state index in [1.54, 1.807) is 12.1 Å². The number of benzene rings is 2. The van der Waals surface area contributed by atoms with Gasteiger partial charge in [-0.15, -0.1) is 5.73 Å². The fourth-order valence-corrected chi connectivity index (χ4v) is 5.81. The average Bonchev–Trinajstić information content (AvgIpc) is 3.39. The van der Waals surface area contributed by atoms with E-state index >= 15 is 0 Å². The number of carbonyl (C=O) groups excluding carboxylic acids is 1. The first-order valence-corrected chi connectivity index (χ1v) is 14.4. The van der Waals surface area contributed by atoms with Crippen molar-refractivity contribution >= 4 is 11.5 Å². The van der Waals surface area contributed by atoms with E-state index in [-0.39, 0.29) is 12.0 Å². The molecule has 0 bridgehead atoms. The summed E-state index contributed by atoms with van der Waals surface area (Å²) in [5, 5.41) is 0. The minimum atomic E-state index is -0.814. The fourth-order valence-electron chi connectivity index (χ4n) is 5.81. The largest absolute Gasteiger partial charge is 0.459 e. The molecule has 0 aliphatic carbocycles. The van der Waals surface area contributed by atoms with Crippen LogP contribution in [0.2, 0.25) is 0 Å². The highest BCUT2D eigenvalue weighted by Gasteiger charge is 2.60. The number of allylic oxidation sites excluding steroid dienone is 1. The summed E-state index contributed by atoms with van der Waals surface area (Å²) in [7, 11) is 0. The van der Waals surface area contributed by atoms with E-state index in [1.165, 1.54) is 5.57 Å². The molecule has 7 nitrogen and oxygen atoms in total. The molecular weight excluding hydrogens is 520 g/mol. The maximum absolute atomic E-state index is 13.1. The van der Waals surface area contributed by atoms with Gasteiger partial charge in [-0.1, -0.05) is 63.2 Å². The molecule has 0 amide bonds. The molecule has 0 unspecified atom stereocenters. The second-order valence-electron chi connectivity index (χ2n) is 13.3. The van der Waals surface area contributed by atoms with Gasteiger partial charge in [0.1, 0.15) is 31.0 Å². The molecule has 3 aliphatic rings. The third kappa shape index (κ3) is 7.00. The van der Waals surface area contributed by atoms with E-state index in [0.29, 0.717) is 5.56 Å². The van der Waals surface area contributed by atoms with Crippen molar-refractivity contribution in [1.29, 1.82) is 0 Å². The molecule has 0 aromatic heterocycles. The number of carbonyl (C=O) groups is 1. The van der Waals surface area contributed by atoms with Crippen molar-refractivity contribution < 1.29 is 33.2 Å². The Morgan fingerprint density at radius 2 is 1.37 bits per heavy atom. The summed E-state index contributed by atoms with van der Waals surface area (Å²) in [5.74, 6) is -2.06. The van der Waals surface area contributed by atoms with Gasteiger partial charge in [-0.05, 0) is 75.3 Å². The lowest BCUT2D eigenvalue weighted by Gasteiger charge is -2.36. The van der Waals surface area contributed by atoms with Crippen LogP contribution in [-0.2, 0) is 28.4 Å². The van der Waals surface area contributed by atoms with Gasteiger partial charge >= 0.3 is 5.97 Å². The molecule has 0 saturated carbocycles. The molecule has 5 atom stereocenters. The van der Waals surface area contributed by atoms with Crippen LogP contribution in [0.25, 0.3) is 5.57 Å². The van der Waals surface area contributed by atoms with Gasteiger partial charge in [0, 0.05) is 5.57 Å². The van der Waals surface area contributed by atoms with E-state index in [1.807, 2.05) is 58.0 Å². The van der Waals surface area contributed by atoms with Crippen LogP contribution in [0.3, 0.4) is 0 Å². The summed E-state index contributed by atoms with van der Waals surface area (Å²) in [5.41, 5.74) is 8.45. The highest BCUT2D eigenvalue weighted by molar-refractivity contribution is 5.90. The van der Waals surface area contributed by atoms with Crippen molar-refractivity contribution in [2.45, 2.75) is 104 Å². The van der Waals surface area contributed by atoms with Crippen LogP contribution in [0.15, 0.2) is 65.9 Å². The SMILES string of the molecule is CC(=C=C(c1ccccc1)c1ccc(C(=O)OC[C@H]2O[C@@H]3OC(C)(C)O[C@@H]3[C@H]3OC(C)(C)O[C@H]32)cc1)CC(C)(C)C. The molecule has 3 saturated heterocycles. The summed E-state index contributed by atoms with van der Waals surface area (Å²) >= 11 is 0. The van der Waals surface area contributed by atoms with Crippen LogP contribution >= 0.6 is 0 Å². The normalized spacial score (nSPS) is 27.9. The maximum atomic E-state index is 13.1. The van der Waals surface area contributed by atoms with Crippen molar-refractivity contribution in [2.75, 3.05) is 6.61 Å². The van der Waals surface area contributed by atoms with Crippen molar-refractivity contribution in [3.8, 4) is 0 Å². The Morgan fingerprint density at radius 1 is 0.805 bits per heavy atom. The third-order valence-corrected chi connectivity index (χ3v) is 7.24. The Morgan fingerprint density at radius 3 is 2.02 bits per heavy atom. The van der Waals surface area contributed by atoms with Crippen molar-refractivity contribution in [3.05, 3.63) is 82.6 Å². The second kappa shape index (κ2) is 11.1. The quantitative estimate of drug-likeness (QED) is 0.288. The number of hydrogen-bond donors (Lipinski definition) is 0. The summed E-state index contributed by atoms with van der Waals surface area (Å²) in [6.45, 7) is 16.2. The molecule has 5 rings (SSSR count). The molecule has 0 spiro atoms. The molecule has 2 aromatic rings. The smallest absolute Gasteiger partial charge is 0.338 e. The molecule has 3 fully saturated rings. The van der Waals surface area contributed by atoms with Gasteiger partial charge in [-0.2, -0.15) is 0 Å². The lowest BCUT2D eigenvalue weighted by molar-refractivity contribution is -0.240. The van der Waals surface area contributed by atoms with Crippen LogP contribution in [0, 0.1) is 5.41 Å². The first-order chi connectivity index (χ1) is 19.2.